The van der Waals surface area contributed by atoms with Gasteiger partial charge in [0.2, 0.25) is 5.95 Å². The summed E-state index contributed by atoms with van der Waals surface area (Å²) in [5, 5.41) is 3.90. The molecule has 10 heteroatoms. The van der Waals surface area contributed by atoms with Crippen molar-refractivity contribution < 1.29 is 4.74 Å². The maximum Gasteiger partial charge on any atom is 0.332 e. The molecule has 0 spiro atoms. The van der Waals surface area contributed by atoms with Gasteiger partial charge in [-0.25, -0.2) is 4.79 Å². The van der Waals surface area contributed by atoms with E-state index in [9.17, 15) is 9.59 Å². The number of fused-ring (bicyclic) bond motifs is 1. The van der Waals surface area contributed by atoms with Gasteiger partial charge in [-0.05, 0) is 24.6 Å². The summed E-state index contributed by atoms with van der Waals surface area (Å²) in [5.41, 5.74) is 0.479. The minimum Gasteiger partial charge on any atom is -0.380 e. The summed E-state index contributed by atoms with van der Waals surface area (Å²) in [6, 6.07) is 5.01. The van der Waals surface area contributed by atoms with Crippen LogP contribution in [-0.2, 0) is 25.4 Å². The second-order valence-electron chi connectivity index (χ2n) is 6.27. The van der Waals surface area contributed by atoms with Crippen LogP contribution in [0.1, 0.15) is 12.5 Å². The first-order valence-electron chi connectivity index (χ1n) is 8.77. The van der Waals surface area contributed by atoms with Crippen molar-refractivity contribution >= 4 is 40.3 Å². The molecule has 8 nitrogen and oxygen atoms in total. The Bertz CT molecular complexity index is 1130. The molecule has 28 heavy (non-hydrogen) atoms. The standard InChI is InChI=1S/C18H21Cl2N5O3/c1-4-28-8-7-21-17-22-15-14(23(17)2)16(26)25(18(27)24(15)3)10-11-5-6-12(19)13(20)9-11/h5-6,9H,4,7-8,10H2,1-3H3,(H,21,22). The molecule has 150 valence electrons. The zero-order valence-electron chi connectivity index (χ0n) is 15.8. The van der Waals surface area contributed by atoms with Gasteiger partial charge in [0, 0.05) is 27.2 Å². The molecule has 0 fully saturated rings. The Hall–Kier alpha value is -2.29. The fourth-order valence-electron chi connectivity index (χ4n) is 2.94. The number of nitrogens with one attached hydrogen (secondary N) is 1. The minimum atomic E-state index is -0.456. The van der Waals surface area contributed by atoms with Crippen LogP contribution in [0, 0.1) is 0 Å². The number of benzene rings is 1. The van der Waals surface area contributed by atoms with Gasteiger partial charge in [-0.1, -0.05) is 29.3 Å². The SMILES string of the molecule is CCOCCNc1nc2c(c(=O)n(Cc3ccc(Cl)c(Cl)c3)c(=O)n2C)n1C. The Morgan fingerprint density at radius 1 is 1.14 bits per heavy atom. The Morgan fingerprint density at radius 2 is 1.89 bits per heavy atom. The van der Waals surface area contributed by atoms with Crippen molar-refractivity contribution in [3.63, 3.8) is 0 Å². The number of rotatable bonds is 7. The third kappa shape index (κ3) is 3.80. The number of hydrogen-bond donors (Lipinski definition) is 1. The third-order valence-electron chi connectivity index (χ3n) is 4.42. The summed E-state index contributed by atoms with van der Waals surface area (Å²) < 4.78 is 9.47. The molecule has 0 aliphatic rings. The largest absolute Gasteiger partial charge is 0.380 e. The summed E-state index contributed by atoms with van der Waals surface area (Å²) in [4.78, 5) is 30.2. The summed E-state index contributed by atoms with van der Waals surface area (Å²) in [7, 11) is 3.32. The van der Waals surface area contributed by atoms with E-state index < -0.39 is 11.2 Å². The molecule has 1 N–H and O–H groups in total. The molecule has 0 saturated carbocycles. The molecule has 1 aromatic carbocycles. The summed E-state index contributed by atoms with van der Waals surface area (Å²) in [5.74, 6) is 0.495. The van der Waals surface area contributed by atoms with E-state index in [1.165, 1.54) is 4.57 Å². The highest BCUT2D eigenvalue weighted by Gasteiger charge is 2.18. The van der Waals surface area contributed by atoms with E-state index in [-0.39, 0.29) is 6.54 Å². The lowest BCUT2D eigenvalue weighted by atomic mass is 10.2. The van der Waals surface area contributed by atoms with Gasteiger partial charge in [-0.3, -0.25) is 13.9 Å². The molecule has 0 aliphatic carbocycles. The number of aryl methyl sites for hydroxylation is 2. The number of imidazole rings is 1. The number of nitrogens with zero attached hydrogens (tertiary/aromatic N) is 4. The lowest BCUT2D eigenvalue weighted by Gasteiger charge is -2.09. The van der Waals surface area contributed by atoms with Crippen LogP contribution in [0.4, 0.5) is 5.95 Å². The maximum absolute atomic E-state index is 13.0. The normalized spacial score (nSPS) is 11.3. The highest BCUT2D eigenvalue weighted by atomic mass is 35.5. The van der Waals surface area contributed by atoms with Gasteiger partial charge < -0.3 is 14.6 Å². The number of aromatic nitrogens is 4. The molecular weight excluding hydrogens is 405 g/mol. The van der Waals surface area contributed by atoms with Crippen LogP contribution in [-0.4, -0.2) is 38.4 Å². The molecule has 3 rings (SSSR count). The van der Waals surface area contributed by atoms with Gasteiger partial charge in [-0.2, -0.15) is 4.98 Å². The lowest BCUT2D eigenvalue weighted by molar-refractivity contribution is 0.158. The number of ether oxygens (including phenoxy) is 1. The predicted molar refractivity (Wildman–Crippen MR) is 111 cm³/mol. The number of halogens is 2. The van der Waals surface area contributed by atoms with Crippen molar-refractivity contribution in [1.82, 2.24) is 18.7 Å². The minimum absolute atomic E-state index is 0.0800. The van der Waals surface area contributed by atoms with Crippen LogP contribution in [0.3, 0.4) is 0 Å². The van der Waals surface area contributed by atoms with E-state index in [0.29, 0.717) is 52.5 Å². The average molecular weight is 426 g/mol. The summed E-state index contributed by atoms with van der Waals surface area (Å²) >= 11 is 12.0. The van der Waals surface area contributed by atoms with E-state index in [1.54, 1.807) is 36.9 Å². The zero-order chi connectivity index (χ0) is 20.4. The molecule has 0 aliphatic heterocycles. The van der Waals surface area contributed by atoms with Crippen LogP contribution in [0.25, 0.3) is 11.2 Å². The first-order chi connectivity index (χ1) is 13.3. The molecule has 2 aromatic heterocycles. The van der Waals surface area contributed by atoms with Crippen molar-refractivity contribution in [2.24, 2.45) is 14.1 Å². The molecule has 0 atom stereocenters. The first-order valence-corrected chi connectivity index (χ1v) is 9.52. The van der Waals surface area contributed by atoms with Gasteiger partial charge in [0.1, 0.15) is 0 Å². The van der Waals surface area contributed by atoms with Gasteiger partial charge in [0.05, 0.1) is 23.2 Å². The van der Waals surface area contributed by atoms with Gasteiger partial charge in [-0.15, -0.1) is 0 Å². The van der Waals surface area contributed by atoms with Crippen molar-refractivity contribution in [3.05, 3.63) is 54.6 Å². The molecule has 0 radical (unpaired) electrons. The summed E-state index contributed by atoms with van der Waals surface area (Å²) in [6.07, 6.45) is 0. The number of anilines is 1. The van der Waals surface area contributed by atoms with E-state index in [4.69, 9.17) is 27.9 Å². The fourth-order valence-corrected chi connectivity index (χ4v) is 3.26. The highest BCUT2D eigenvalue weighted by molar-refractivity contribution is 6.42. The van der Waals surface area contributed by atoms with Crippen LogP contribution >= 0.6 is 23.2 Å². The predicted octanol–water partition coefficient (Wildman–Crippen LogP) is 2.24. The summed E-state index contributed by atoms with van der Waals surface area (Å²) in [6.45, 7) is 3.67. The van der Waals surface area contributed by atoms with Gasteiger partial charge in [0.25, 0.3) is 5.56 Å². The zero-order valence-corrected chi connectivity index (χ0v) is 17.3. The van der Waals surface area contributed by atoms with Crippen LogP contribution in [0.15, 0.2) is 27.8 Å². The van der Waals surface area contributed by atoms with E-state index in [0.717, 1.165) is 4.57 Å². The first kappa shape index (κ1) is 20.4. The quantitative estimate of drug-likeness (QED) is 0.586. The Balaban J connectivity index is 2.04. The van der Waals surface area contributed by atoms with Crippen molar-refractivity contribution in [1.29, 1.82) is 0 Å². The van der Waals surface area contributed by atoms with Crippen molar-refractivity contribution in [2.45, 2.75) is 13.5 Å². The van der Waals surface area contributed by atoms with Crippen LogP contribution in [0.5, 0.6) is 0 Å². The topological polar surface area (TPSA) is 83.1 Å². The van der Waals surface area contributed by atoms with Crippen molar-refractivity contribution in [3.8, 4) is 0 Å². The molecule has 3 aromatic rings. The molecule has 2 heterocycles. The second-order valence-corrected chi connectivity index (χ2v) is 7.09. The Kier molecular flexibility index (Phi) is 6.12. The smallest absolute Gasteiger partial charge is 0.332 e. The maximum atomic E-state index is 13.0. The molecular formula is C18H21Cl2N5O3. The highest BCUT2D eigenvalue weighted by Crippen LogP contribution is 2.22. The van der Waals surface area contributed by atoms with Gasteiger partial charge >= 0.3 is 5.69 Å². The molecule has 0 unspecified atom stereocenters. The average Bonchev–Trinajstić information content (AvgIpc) is 3.00. The second kappa shape index (κ2) is 8.38. The van der Waals surface area contributed by atoms with E-state index >= 15 is 0 Å². The van der Waals surface area contributed by atoms with Gasteiger partial charge in [0.15, 0.2) is 11.2 Å². The third-order valence-corrected chi connectivity index (χ3v) is 5.16. The fraction of sp³-hybridized carbons (Fsp3) is 0.389. The molecule has 0 bridgehead atoms. The van der Waals surface area contributed by atoms with E-state index in [2.05, 4.69) is 10.3 Å². The van der Waals surface area contributed by atoms with Crippen LogP contribution in [0.2, 0.25) is 10.0 Å². The Labute approximate surface area is 171 Å². The molecule has 0 amide bonds. The van der Waals surface area contributed by atoms with Crippen LogP contribution < -0.4 is 16.6 Å². The monoisotopic (exact) mass is 425 g/mol. The van der Waals surface area contributed by atoms with Crippen molar-refractivity contribution in [2.75, 3.05) is 25.1 Å². The Morgan fingerprint density at radius 3 is 2.57 bits per heavy atom. The molecule has 0 saturated heterocycles. The lowest BCUT2D eigenvalue weighted by Crippen LogP contribution is -2.39. The number of hydrogen-bond acceptors (Lipinski definition) is 5. The van der Waals surface area contributed by atoms with E-state index in [1.807, 2.05) is 6.92 Å².